The van der Waals surface area contributed by atoms with Gasteiger partial charge in [0.25, 0.3) is 48.2 Å². The van der Waals surface area contributed by atoms with E-state index in [1.807, 2.05) is 6.55 Å². The molecule has 60 heavy (non-hydrogen) atoms. The van der Waals surface area contributed by atoms with E-state index in [1.165, 1.54) is 0 Å². The zero-order valence-corrected chi connectivity index (χ0v) is 69.1. The molecule has 47 heteroatoms. The van der Waals surface area contributed by atoms with E-state index in [0.717, 1.165) is 43.4 Å². The summed E-state index contributed by atoms with van der Waals surface area (Å²) in [6.07, 6.45) is -12.7. The maximum atomic E-state index is 6.50. The standard InChI is InChI=1S/C4H9Cl7Si4.C3H8Cl10Si5.C3H6Cl8Si4.C3H6Cl6Si3/c1-12(14(7,8)9)3-2-4-13(5,6)15(12,10)11;4-14(17(8,9)10)2-1-3-16(6,7)15(5)18(11,12)13;4-12(5)2-1-3-13(6,14(7,8)9)15(12,10)11;4-10(5)2-1-3-11(6,7)12(10,8)9/h2-4H2,1H3;14-15H,1-3H2;1-3H2;1-3H2. The van der Waals surface area contributed by atoms with E-state index < -0.39 is 98.6 Å². The van der Waals surface area contributed by atoms with Gasteiger partial charge in [-0.25, -0.2) is 0 Å². The average Bonchev–Trinajstić information content (AvgIpc) is 3.00. The van der Waals surface area contributed by atoms with Gasteiger partial charge in [-0.3, -0.25) is 0 Å². The first kappa shape index (κ1) is 72.5. The molecule has 0 saturated carbocycles. The van der Waals surface area contributed by atoms with Gasteiger partial charge in [-0.15, -0.1) is 288 Å². The molecule has 0 aromatic carbocycles. The largest absolute Gasteiger partial charge is 0.341 e. The highest BCUT2D eigenvalue weighted by Crippen LogP contribution is 2.58. The minimum absolute atomic E-state index is 0.531. The molecule has 0 bridgehead atoms. The lowest BCUT2D eigenvalue weighted by Crippen LogP contribution is -2.76. The van der Waals surface area contributed by atoms with Crippen molar-refractivity contribution in [1.82, 2.24) is 0 Å². The second kappa shape index (κ2) is 27.1. The molecule has 3 aliphatic rings. The first-order chi connectivity index (χ1) is 25.9. The third-order valence-electron chi connectivity index (χ3n) is 9.25. The monoisotopic (exact) mass is 1720 g/mol. The maximum absolute atomic E-state index is 6.50. The molecule has 3 aliphatic heterocycles. The molecule has 362 valence electrons. The van der Waals surface area contributed by atoms with Crippen LogP contribution < -0.4 is 0 Å². The van der Waals surface area contributed by atoms with Crippen molar-refractivity contribution in [1.29, 1.82) is 0 Å². The SMILES string of the molecule is C[Si]1([Si](Cl)(Cl)Cl)CCC[Si](Cl)(Cl)[Si]1(Cl)Cl.Cl[SiH](CCC[Si](Cl)(Cl)[SiH](Cl)[Si](Cl)(Cl)Cl)[Si](Cl)(Cl)Cl.Cl[Si](Cl)(Cl)[Si]1(Cl)CCC[Si](Cl)(Cl)[Si]1(Cl)Cl.Cl[Si]1(Cl)CCC[Si](Cl)(Cl)[Si]1(Cl)Cl. The van der Waals surface area contributed by atoms with Crippen LogP contribution in [0.25, 0.3) is 0 Å². The van der Waals surface area contributed by atoms with E-state index in [1.54, 1.807) is 0 Å². The maximum Gasteiger partial charge on any atom is 0.341 e. The van der Waals surface area contributed by atoms with Crippen LogP contribution in [0.15, 0.2) is 0 Å². The number of hydrogen-bond donors (Lipinski definition) is 0. The van der Waals surface area contributed by atoms with Crippen molar-refractivity contribution in [2.45, 2.75) is 80.6 Å². The fraction of sp³-hybridized carbons (Fsp3) is 1.00. The lowest BCUT2D eigenvalue weighted by atomic mass is 10.6. The Balaban J connectivity index is 0.000000780. The van der Waals surface area contributed by atoms with Crippen LogP contribution in [0.2, 0.25) is 54.9 Å². The van der Waals surface area contributed by atoms with Crippen molar-refractivity contribution in [2.75, 3.05) is 0 Å². The Morgan fingerprint density at radius 3 is 1.03 bits per heavy atom. The normalized spacial score (nSPS) is 29.2. The Morgan fingerprint density at radius 2 is 0.750 bits per heavy atom. The number of rotatable bonds is 9. The zero-order valence-electron chi connectivity index (χ0n) is 29.4. The lowest BCUT2D eigenvalue weighted by molar-refractivity contribution is 1.04. The highest BCUT2D eigenvalue weighted by atomic mass is 35.9. The molecule has 3 rings (SSSR count). The van der Waals surface area contributed by atoms with Crippen molar-refractivity contribution in [2.24, 2.45) is 0 Å². The van der Waals surface area contributed by atoms with Crippen LogP contribution >= 0.6 is 343 Å². The van der Waals surface area contributed by atoms with Gasteiger partial charge in [0.15, 0.2) is 7.62 Å². The summed E-state index contributed by atoms with van der Waals surface area (Å²) >= 11 is 191. The van der Waals surface area contributed by atoms with E-state index in [4.69, 9.17) is 343 Å². The quantitative estimate of drug-likeness (QED) is 0.159. The average molecular weight is 1730 g/mol. The predicted molar refractivity (Wildman–Crippen MR) is 339 cm³/mol. The molecule has 4 unspecified atom stereocenters. The van der Waals surface area contributed by atoms with Crippen molar-refractivity contribution < 1.29 is 0 Å². The fourth-order valence-corrected chi connectivity index (χ4v) is 282. The zero-order chi connectivity index (χ0) is 48.6. The molecule has 0 aliphatic carbocycles. The minimum Gasteiger partial charge on any atom is -0.171 e. The summed E-state index contributed by atoms with van der Waals surface area (Å²) in [5.41, 5.74) is -20.3. The van der Waals surface area contributed by atoms with E-state index in [2.05, 4.69) is 0 Å². The molecule has 0 aromatic heterocycles. The smallest absolute Gasteiger partial charge is 0.171 e. The summed E-state index contributed by atoms with van der Waals surface area (Å²) in [5, 5.41) is 0. The molecule has 0 spiro atoms. The summed E-state index contributed by atoms with van der Waals surface area (Å²) in [6.45, 7) is 1.98. The van der Waals surface area contributed by atoms with Gasteiger partial charge in [-0.2, -0.15) is 55.4 Å². The van der Waals surface area contributed by atoms with Gasteiger partial charge in [-0.05, 0) is 42.3 Å². The van der Waals surface area contributed by atoms with Crippen molar-refractivity contribution >= 4 is 442 Å². The lowest BCUT2D eigenvalue weighted by Gasteiger charge is -2.48. The predicted octanol–water partition coefficient (Wildman–Crippen LogP) is 20.6. The first-order valence-electron chi connectivity index (χ1n) is 16.2. The van der Waals surface area contributed by atoms with E-state index in [9.17, 15) is 0 Å². The molecular formula is C13H29Cl31Si16. The molecule has 0 radical (unpaired) electrons. The van der Waals surface area contributed by atoms with Gasteiger partial charge in [0.1, 0.15) is 7.11 Å². The summed E-state index contributed by atoms with van der Waals surface area (Å²) in [6, 6.07) is 5.47. The highest BCUT2D eigenvalue weighted by molar-refractivity contribution is 8.25. The molecule has 3 heterocycles. The van der Waals surface area contributed by atoms with E-state index in [-0.39, 0.29) is 0 Å². The summed E-state index contributed by atoms with van der Waals surface area (Å²) in [7, 11) is -6.40. The van der Waals surface area contributed by atoms with Crippen LogP contribution in [0.3, 0.4) is 0 Å². The van der Waals surface area contributed by atoms with Gasteiger partial charge in [0.05, 0.1) is 0 Å². The Labute approximate surface area is 512 Å². The van der Waals surface area contributed by atoms with Crippen LogP contribution in [0.5, 0.6) is 0 Å². The van der Waals surface area contributed by atoms with Gasteiger partial charge in [0.2, 0.25) is 13.6 Å². The highest BCUT2D eigenvalue weighted by Gasteiger charge is 2.77. The summed E-state index contributed by atoms with van der Waals surface area (Å²) in [4.78, 5) is 0. The number of halogens is 31. The molecule has 4 atom stereocenters. The number of hydrogen-bond acceptors (Lipinski definition) is 0. The van der Waals surface area contributed by atoms with Crippen LogP contribution in [-0.2, 0) is 0 Å². The first-order valence-corrected chi connectivity index (χ1v) is 93.2. The molecule has 3 saturated heterocycles. The third kappa shape index (κ3) is 19.1. The van der Waals surface area contributed by atoms with Gasteiger partial charge >= 0.3 is 22.1 Å². The van der Waals surface area contributed by atoms with E-state index >= 15 is 0 Å². The fourth-order valence-electron chi connectivity index (χ4n) is 5.34. The van der Waals surface area contributed by atoms with Gasteiger partial charge < -0.3 is 0 Å². The van der Waals surface area contributed by atoms with Crippen molar-refractivity contribution in [3.63, 3.8) is 0 Å². The minimum atomic E-state index is -3.12. The molecule has 3 fully saturated rings. The Kier molecular flexibility index (Phi) is 32.7. The Bertz CT molecular complexity index is 1310. The summed E-state index contributed by atoms with van der Waals surface area (Å²) in [5.74, 6) is 0. The second-order valence-corrected chi connectivity index (χ2v) is 207. The Hall–Kier alpha value is 12.5. The van der Waals surface area contributed by atoms with Crippen LogP contribution in [0.1, 0.15) is 25.7 Å². The molecular weight excluding hydrogens is 1700 g/mol. The van der Waals surface area contributed by atoms with Gasteiger partial charge in [-0.1, -0.05) is 38.3 Å². The van der Waals surface area contributed by atoms with Crippen LogP contribution in [-0.4, -0.2) is 98.6 Å². The second-order valence-electron chi connectivity index (χ2n) is 13.8. The van der Waals surface area contributed by atoms with Crippen molar-refractivity contribution in [3.8, 4) is 0 Å². The third-order valence-corrected chi connectivity index (χ3v) is 293. The van der Waals surface area contributed by atoms with Crippen LogP contribution in [0, 0.1) is 0 Å². The van der Waals surface area contributed by atoms with Gasteiger partial charge in [0, 0.05) is 0 Å². The molecule has 0 N–H and O–H groups in total. The topological polar surface area (TPSA) is 0 Å². The van der Waals surface area contributed by atoms with Crippen molar-refractivity contribution in [3.05, 3.63) is 0 Å². The molecule has 0 nitrogen and oxygen atoms in total. The summed E-state index contributed by atoms with van der Waals surface area (Å²) < 4.78 is 0. The van der Waals surface area contributed by atoms with E-state index in [0.29, 0.717) is 30.6 Å². The van der Waals surface area contributed by atoms with Crippen LogP contribution in [0.4, 0.5) is 0 Å². The molecule has 0 amide bonds. The molecule has 0 aromatic rings. The Morgan fingerprint density at radius 1 is 0.417 bits per heavy atom.